The molecule has 0 heterocycles. The van der Waals surface area contributed by atoms with Crippen LogP contribution in [0.4, 0.5) is 0 Å². The maximum atomic E-state index is 3.68. The van der Waals surface area contributed by atoms with Crippen LogP contribution >= 0.6 is 31.9 Å². The van der Waals surface area contributed by atoms with Gasteiger partial charge >= 0.3 is 0 Å². The van der Waals surface area contributed by atoms with Gasteiger partial charge in [0.15, 0.2) is 0 Å². The molecule has 0 spiro atoms. The normalized spacial score (nSPS) is 12.4. The molecule has 0 bridgehead atoms. The predicted octanol–water partition coefficient (Wildman–Crippen LogP) is 5.86. The summed E-state index contributed by atoms with van der Waals surface area (Å²) in [4.78, 5) is 0. The number of hydrogen-bond donors (Lipinski definition) is 0. The third-order valence-electron chi connectivity index (χ3n) is 3.49. The molecule has 106 valence electrons. The molecule has 0 amide bonds. The summed E-state index contributed by atoms with van der Waals surface area (Å²) in [6, 6.07) is 15.4. The zero-order valence-corrected chi connectivity index (χ0v) is 15.2. The van der Waals surface area contributed by atoms with Crippen molar-refractivity contribution in [2.75, 3.05) is 5.33 Å². The standard InChI is InChI=1S/C18H20Br2/c1-13-7-14(2)9-15(8-13)10-16(12-19)11-17-5-3-4-6-18(17)20/h3-9,16H,10-12H2,1-2H3. The quantitative estimate of drug-likeness (QED) is 0.556. The van der Waals surface area contributed by atoms with Gasteiger partial charge in [-0.1, -0.05) is 79.4 Å². The second kappa shape index (κ2) is 7.42. The first-order chi connectivity index (χ1) is 9.58. The van der Waals surface area contributed by atoms with E-state index in [2.05, 4.69) is 88.2 Å². The molecule has 0 radical (unpaired) electrons. The molecule has 2 aromatic rings. The van der Waals surface area contributed by atoms with Crippen LogP contribution in [0.1, 0.15) is 22.3 Å². The number of aryl methyl sites for hydroxylation is 2. The van der Waals surface area contributed by atoms with Crippen molar-refractivity contribution < 1.29 is 0 Å². The van der Waals surface area contributed by atoms with Crippen LogP contribution in [0.15, 0.2) is 46.9 Å². The van der Waals surface area contributed by atoms with Gasteiger partial charge in [-0.25, -0.2) is 0 Å². The summed E-state index contributed by atoms with van der Waals surface area (Å²) < 4.78 is 1.21. The molecule has 2 heteroatoms. The smallest absolute Gasteiger partial charge is 0.0207 e. The highest BCUT2D eigenvalue weighted by Crippen LogP contribution is 2.23. The van der Waals surface area contributed by atoms with Crippen molar-refractivity contribution in [3.63, 3.8) is 0 Å². The van der Waals surface area contributed by atoms with Crippen LogP contribution in [0.25, 0.3) is 0 Å². The average molecular weight is 396 g/mol. The molecule has 1 atom stereocenters. The minimum Gasteiger partial charge on any atom is -0.0925 e. The molecular formula is C18H20Br2. The Morgan fingerprint density at radius 1 is 0.950 bits per heavy atom. The van der Waals surface area contributed by atoms with E-state index in [1.165, 1.54) is 26.7 Å². The van der Waals surface area contributed by atoms with E-state index in [1.807, 2.05) is 0 Å². The molecular weight excluding hydrogens is 376 g/mol. The fourth-order valence-corrected chi connectivity index (χ4v) is 3.58. The molecule has 0 saturated carbocycles. The fraction of sp³-hybridized carbons (Fsp3) is 0.333. The Labute approximate surface area is 138 Å². The molecule has 2 aromatic carbocycles. The Kier molecular flexibility index (Phi) is 5.86. The number of benzene rings is 2. The van der Waals surface area contributed by atoms with Gasteiger partial charge in [-0.05, 0) is 49.8 Å². The summed E-state index contributed by atoms with van der Waals surface area (Å²) in [5.41, 5.74) is 5.55. The highest BCUT2D eigenvalue weighted by atomic mass is 79.9. The van der Waals surface area contributed by atoms with Crippen LogP contribution < -0.4 is 0 Å². The van der Waals surface area contributed by atoms with Gasteiger partial charge < -0.3 is 0 Å². The lowest BCUT2D eigenvalue weighted by Gasteiger charge is -2.16. The van der Waals surface area contributed by atoms with Gasteiger partial charge in [0.1, 0.15) is 0 Å². The van der Waals surface area contributed by atoms with E-state index < -0.39 is 0 Å². The Morgan fingerprint density at radius 3 is 2.20 bits per heavy atom. The van der Waals surface area contributed by atoms with Gasteiger partial charge in [0.05, 0.1) is 0 Å². The van der Waals surface area contributed by atoms with E-state index in [4.69, 9.17) is 0 Å². The van der Waals surface area contributed by atoms with Gasteiger partial charge in [0, 0.05) is 9.80 Å². The van der Waals surface area contributed by atoms with Crippen LogP contribution in [0.5, 0.6) is 0 Å². The Bertz CT molecular complexity index is 555. The first kappa shape index (κ1) is 15.8. The van der Waals surface area contributed by atoms with Gasteiger partial charge in [-0.2, -0.15) is 0 Å². The molecule has 0 aromatic heterocycles. The zero-order chi connectivity index (χ0) is 14.5. The van der Waals surface area contributed by atoms with E-state index in [0.717, 1.165) is 18.2 Å². The average Bonchev–Trinajstić information content (AvgIpc) is 2.39. The van der Waals surface area contributed by atoms with Crippen LogP contribution in [-0.2, 0) is 12.8 Å². The maximum absolute atomic E-state index is 3.68. The Balaban J connectivity index is 2.11. The summed E-state index contributed by atoms with van der Waals surface area (Å²) in [5.74, 6) is 0.620. The summed E-state index contributed by atoms with van der Waals surface area (Å²) in [6.45, 7) is 4.35. The topological polar surface area (TPSA) is 0 Å². The van der Waals surface area contributed by atoms with Crippen molar-refractivity contribution in [2.24, 2.45) is 5.92 Å². The predicted molar refractivity (Wildman–Crippen MR) is 94.8 cm³/mol. The van der Waals surface area contributed by atoms with Gasteiger partial charge in [-0.15, -0.1) is 0 Å². The molecule has 0 N–H and O–H groups in total. The third kappa shape index (κ3) is 4.46. The summed E-state index contributed by atoms with van der Waals surface area (Å²) in [7, 11) is 0. The zero-order valence-electron chi connectivity index (χ0n) is 12.0. The lowest BCUT2D eigenvalue weighted by atomic mass is 9.93. The van der Waals surface area contributed by atoms with E-state index in [1.54, 1.807) is 0 Å². The van der Waals surface area contributed by atoms with E-state index in [-0.39, 0.29) is 0 Å². The second-order valence-corrected chi connectivity index (χ2v) is 7.02. The summed E-state index contributed by atoms with van der Waals surface area (Å²) in [6.07, 6.45) is 2.22. The Hall–Kier alpha value is -0.600. The minimum atomic E-state index is 0.620. The van der Waals surface area contributed by atoms with E-state index in [0.29, 0.717) is 5.92 Å². The Morgan fingerprint density at radius 2 is 1.60 bits per heavy atom. The maximum Gasteiger partial charge on any atom is 0.0207 e. The molecule has 0 fully saturated rings. The van der Waals surface area contributed by atoms with Crippen molar-refractivity contribution in [2.45, 2.75) is 26.7 Å². The van der Waals surface area contributed by atoms with Crippen molar-refractivity contribution in [1.29, 1.82) is 0 Å². The number of alkyl halides is 1. The minimum absolute atomic E-state index is 0.620. The van der Waals surface area contributed by atoms with Crippen LogP contribution in [0.3, 0.4) is 0 Å². The first-order valence-electron chi connectivity index (χ1n) is 6.95. The molecule has 0 aliphatic carbocycles. The molecule has 1 unspecified atom stereocenters. The summed E-state index contributed by atoms with van der Waals surface area (Å²) >= 11 is 7.32. The lowest BCUT2D eigenvalue weighted by Crippen LogP contribution is -2.10. The monoisotopic (exact) mass is 394 g/mol. The molecule has 2 rings (SSSR count). The lowest BCUT2D eigenvalue weighted by molar-refractivity contribution is 0.589. The van der Waals surface area contributed by atoms with Crippen molar-refractivity contribution >= 4 is 31.9 Å². The fourth-order valence-electron chi connectivity index (χ4n) is 2.68. The third-order valence-corrected chi connectivity index (χ3v) is 5.18. The molecule has 0 nitrogen and oxygen atoms in total. The van der Waals surface area contributed by atoms with Crippen LogP contribution in [-0.4, -0.2) is 5.33 Å². The summed E-state index contributed by atoms with van der Waals surface area (Å²) in [5, 5.41) is 1.03. The van der Waals surface area contributed by atoms with Gasteiger partial charge in [-0.3, -0.25) is 0 Å². The highest BCUT2D eigenvalue weighted by Gasteiger charge is 2.11. The van der Waals surface area contributed by atoms with Crippen LogP contribution in [0.2, 0.25) is 0 Å². The molecule has 0 aliphatic rings. The van der Waals surface area contributed by atoms with Gasteiger partial charge in [0.25, 0.3) is 0 Å². The van der Waals surface area contributed by atoms with Gasteiger partial charge in [0.2, 0.25) is 0 Å². The van der Waals surface area contributed by atoms with Crippen molar-refractivity contribution in [1.82, 2.24) is 0 Å². The first-order valence-corrected chi connectivity index (χ1v) is 8.86. The second-order valence-electron chi connectivity index (χ2n) is 5.52. The molecule has 0 aliphatic heterocycles. The number of hydrogen-bond acceptors (Lipinski definition) is 0. The number of halogens is 2. The van der Waals surface area contributed by atoms with Crippen molar-refractivity contribution in [3.8, 4) is 0 Å². The molecule has 20 heavy (non-hydrogen) atoms. The van der Waals surface area contributed by atoms with Crippen molar-refractivity contribution in [3.05, 3.63) is 69.2 Å². The molecule has 0 saturated heterocycles. The number of rotatable bonds is 5. The van der Waals surface area contributed by atoms with Crippen LogP contribution in [0, 0.1) is 19.8 Å². The van der Waals surface area contributed by atoms with E-state index >= 15 is 0 Å². The largest absolute Gasteiger partial charge is 0.0925 e. The van der Waals surface area contributed by atoms with E-state index in [9.17, 15) is 0 Å². The highest BCUT2D eigenvalue weighted by molar-refractivity contribution is 9.10. The SMILES string of the molecule is Cc1cc(C)cc(CC(CBr)Cc2ccccc2Br)c1.